The number of fused-ring (bicyclic) bond motifs is 3. The molecular formula is C18H13N3O5S. The first-order valence-corrected chi connectivity index (χ1v) is 9.52. The molecule has 3 N–H and O–H groups in total. The van der Waals surface area contributed by atoms with Gasteiger partial charge in [0.2, 0.25) is 5.91 Å². The molecule has 0 spiro atoms. The van der Waals surface area contributed by atoms with Crippen molar-refractivity contribution in [2.24, 2.45) is 5.73 Å². The fraction of sp³-hybridized carbons (Fsp3) is 0.0556. The lowest BCUT2D eigenvalue weighted by Crippen LogP contribution is -2.15. The molecule has 27 heavy (non-hydrogen) atoms. The highest BCUT2D eigenvalue weighted by molar-refractivity contribution is 7.90. The van der Waals surface area contributed by atoms with Gasteiger partial charge in [-0.25, -0.2) is 17.9 Å². The third-order valence-corrected chi connectivity index (χ3v) is 6.07. The van der Waals surface area contributed by atoms with E-state index in [2.05, 4.69) is 5.10 Å². The topological polar surface area (TPSA) is 132 Å². The van der Waals surface area contributed by atoms with Crippen LogP contribution in [-0.2, 0) is 15.6 Å². The maximum Gasteiger partial charge on any atom is 0.356 e. The Morgan fingerprint density at radius 1 is 1.11 bits per heavy atom. The van der Waals surface area contributed by atoms with Crippen molar-refractivity contribution in [3.05, 3.63) is 65.4 Å². The number of hydrogen-bond donors (Lipinski definition) is 2. The number of benzene rings is 2. The molecule has 0 bridgehead atoms. The molecule has 1 aromatic heterocycles. The Hall–Kier alpha value is -3.46. The summed E-state index contributed by atoms with van der Waals surface area (Å²) in [5.41, 5.74) is 6.47. The van der Waals surface area contributed by atoms with Crippen molar-refractivity contribution in [3.63, 3.8) is 0 Å². The average molecular weight is 383 g/mol. The maximum absolute atomic E-state index is 12.6. The van der Waals surface area contributed by atoms with Crippen LogP contribution in [0.1, 0.15) is 26.4 Å². The van der Waals surface area contributed by atoms with Gasteiger partial charge in [0.05, 0.1) is 22.0 Å². The van der Waals surface area contributed by atoms with E-state index in [1.807, 2.05) is 0 Å². The van der Waals surface area contributed by atoms with Crippen LogP contribution in [-0.4, -0.2) is 35.2 Å². The number of carboxylic acids is 1. The monoisotopic (exact) mass is 383 g/mol. The third kappa shape index (κ3) is 2.59. The van der Waals surface area contributed by atoms with Crippen LogP contribution < -0.4 is 5.73 Å². The minimum absolute atomic E-state index is 0.113. The number of hydrogen-bond acceptors (Lipinski definition) is 5. The Kier molecular flexibility index (Phi) is 3.63. The van der Waals surface area contributed by atoms with Gasteiger partial charge in [0.1, 0.15) is 0 Å². The highest BCUT2D eigenvalue weighted by Gasteiger charge is 2.35. The zero-order valence-electron chi connectivity index (χ0n) is 13.8. The Morgan fingerprint density at radius 2 is 1.85 bits per heavy atom. The molecule has 1 amide bonds. The Balaban J connectivity index is 2.07. The van der Waals surface area contributed by atoms with Crippen LogP contribution in [0.5, 0.6) is 0 Å². The minimum Gasteiger partial charge on any atom is -0.476 e. The van der Waals surface area contributed by atoms with Gasteiger partial charge in [0, 0.05) is 16.7 Å². The summed E-state index contributed by atoms with van der Waals surface area (Å²) in [6, 6.07) is 12.6. The highest BCUT2D eigenvalue weighted by atomic mass is 32.2. The fourth-order valence-electron chi connectivity index (χ4n) is 3.21. The molecule has 0 radical (unpaired) electrons. The summed E-state index contributed by atoms with van der Waals surface area (Å²) >= 11 is 0. The van der Waals surface area contributed by atoms with Crippen molar-refractivity contribution in [1.82, 2.24) is 9.78 Å². The minimum atomic E-state index is -3.69. The molecule has 4 rings (SSSR count). The molecule has 0 fully saturated rings. The molecule has 0 saturated carbocycles. The maximum atomic E-state index is 12.6. The number of carbonyl (C=O) groups excluding carboxylic acids is 1. The molecule has 2 heterocycles. The van der Waals surface area contributed by atoms with E-state index in [4.69, 9.17) is 5.73 Å². The van der Waals surface area contributed by atoms with Gasteiger partial charge in [-0.2, -0.15) is 5.10 Å². The molecule has 136 valence electrons. The van der Waals surface area contributed by atoms with Crippen LogP contribution >= 0.6 is 0 Å². The summed E-state index contributed by atoms with van der Waals surface area (Å²) < 4.78 is 26.6. The highest BCUT2D eigenvalue weighted by Crippen LogP contribution is 2.40. The second-order valence-electron chi connectivity index (χ2n) is 6.06. The van der Waals surface area contributed by atoms with Crippen LogP contribution in [0.2, 0.25) is 0 Å². The van der Waals surface area contributed by atoms with Crippen LogP contribution in [0.3, 0.4) is 0 Å². The van der Waals surface area contributed by atoms with Gasteiger partial charge >= 0.3 is 5.97 Å². The quantitative estimate of drug-likeness (QED) is 0.706. The lowest BCUT2D eigenvalue weighted by atomic mass is 10.1. The largest absolute Gasteiger partial charge is 0.476 e. The van der Waals surface area contributed by atoms with Gasteiger partial charge in [-0.1, -0.05) is 24.3 Å². The van der Waals surface area contributed by atoms with Gasteiger partial charge < -0.3 is 10.8 Å². The van der Waals surface area contributed by atoms with Crippen molar-refractivity contribution in [2.45, 2.75) is 10.6 Å². The van der Waals surface area contributed by atoms with Crippen molar-refractivity contribution in [3.8, 4) is 16.9 Å². The van der Waals surface area contributed by atoms with Crippen LogP contribution in [0, 0.1) is 0 Å². The van der Waals surface area contributed by atoms with E-state index in [1.165, 1.54) is 22.9 Å². The first-order valence-electron chi connectivity index (χ1n) is 7.87. The number of sulfone groups is 1. The summed E-state index contributed by atoms with van der Waals surface area (Å²) in [4.78, 5) is 23.3. The van der Waals surface area contributed by atoms with Gasteiger partial charge in [0.15, 0.2) is 15.5 Å². The number of carboxylic acid groups (broad SMARTS) is 1. The van der Waals surface area contributed by atoms with E-state index < -0.39 is 27.5 Å². The average Bonchev–Trinajstić information content (AvgIpc) is 3.01. The summed E-state index contributed by atoms with van der Waals surface area (Å²) in [7, 11) is -3.69. The standard InChI is InChI=1S/C18H13N3O5S/c19-17(22)10-4-3-5-11(8-10)21-16-12-6-1-2-7-14(12)27(25,26)9-13(16)15(20-21)18(23)24/h1-8H,9H2,(H2,19,22)(H,23,24). The molecule has 1 aliphatic rings. The van der Waals surface area contributed by atoms with E-state index >= 15 is 0 Å². The third-order valence-electron chi connectivity index (χ3n) is 4.37. The molecule has 8 nitrogen and oxygen atoms in total. The van der Waals surface area contributed by atoms with Crippen LogP contribution in [0.25, 0.3) is 16.9 Å². The number of aromatic carboxylic acids is 1. The summed E-state index contributed by atoms with van der Waals surface area (Å²) in [6.45, 7) is 0. The predicted molar refractivity (Wildman–Crippen MR) is 95.4 cm³/mol. The van der Waals surface area contributed by atoms with Crippen LogP contribution in [0.4, 0.5) is 0 Å². The Bertz CT molecular complexity index is 1230. The Labute approximate surface area is 153 Å². The lowest BCUT2D eigenvalue weighted by Gasteiger charge is -2.19. The number of nitrogens with zero attached hydrogens (tertiary/aromatic N) is 2. The van der Waals surface area contributed by atoms with Crippen molar-refractivity contribution < 1.29 is 23.1 Å². The molecule has 3 aromatic rings. The zero-order chi connectivity index (χ0) is 19.3. The molecule has 0 atom stereocenters. The van der Waals surface area contributed by atoms with Gasteiger partial charge in [-0.3, -0.25) is 4.79 Å². The van der Waals surface area contributed by atoms with Crippen LogP contribution in [0.15, 0.2) is 53.4 Å². The summed E-state index contributed by atoms with van der Waals surface area (Å²) in [6.07, 6.45) is 0. The molecular weight excluding hydrogens is 370 g/mol. The first-order chi connectivity index (χ1) is 12.8. The number of amides is 1. The van der Waals surface area contributed by atoms with Crippen molar-refractivity contribution in [1.29, 1.82) is 0 Å². The molecule has 2 aromatic carbocycles. The Morgan fingerprint density at radius 3 is 2.56 bits per heavy atom. The first kappa shape index (κ1) is 17.0. The zero-order valence-corrected chi connectivity index (χ0v) is 14.6. The number of rotatable bonds is 3. The smallest absolute Gasteiger partial charge is 0.356 e. The van der Waals surface area contributed by atoms with E-state index in [9.17, 15) is 23.1 Å². The number of primary amides is 1. The van der Waals surface area contributed by atoms with Gasteiger partial charge in [-0.15, -0.1) is 0 Å². The van der Waals surface area contributed by atoms with Gasteiger partial charge in [0.25, 0.3) is 0 Å². The molecule has 1 aliphatic heterocycles. The number of aromatic nitrogens is 2. The SMILES string of the molecule is NC(=O)c1cccc(-n2nc(C(=O)O)c3c2-c2ccccc2S(=O)(=O)C3)c1. The summed E-state index contributed by atoms with van der Waals surface area (Å²) in [5, 5.41) is 13.6. The number of nitrogens with two attached hydrogens (primary N) is 1. The van der Waals surface area contributed by atoms with E-state index in [-0.39, 0.29) is 21.7 Å². The van der Waals surface area contributed by atoms with E-state index in [0.717, 1.165) is 0 Å². The van der Waals surface area contributed by atoms with E-state index in [1.54, 1.807) is 30.3 Å². The molecule has 9 heteroatoms. The predicted octanol–water partition coefficient (Wildman–Crippen LogP) is 1.62. The lowest BCUT2D eigenvalue weighted by molar-refractivity contribution is 0.0689. The molecule has 0 aliphatic carbocycles. The van der Waals surface area contributed by atoms with Crippen molar-refractivity contribution >= 4 is 21.7 Å². The second-order valence-corrected chi connectivity index (χ2v) is 8.02. The fourth-order valence-corrected chi connectivity index (χ4v) is 4.81. The van der Waals surface area contributed by atoms with Gasteiger partial charge in [-0.05, 0) is 24.3 Å². The molecule has 0 saturated heterocycles. The van der Waals surface area contributed by atoms with E-state index in [0.29, 0.717) is 16.9 Å². The summed E-state index contributed by atoms with van der Waals surface area (Å²) in [5.74, 6) is -2.43. The second kappa shape index (κ2) is 5.78. The number of carbonyl (C=O) groups is 2. The molecule has 0 unspecified atom stereocenters. The normalized spacial score (nSPS) is 14.2. The van der Waals surface area contributed by atoms with Crippen molar-refractivity contribution in [2.75, 3.05) is 0 Å².